The Morgan fingerprint density at radius 3 is 2.00 bits per heavy atom. The molecule has 0 saturated carbocycles. The van der Waals surface area contributed by atoms with E-state index in [0.29, 0.717) is 0 Å². The number of hydrazine groups is 1. The summed E-state index contributed by atoms with van der Waals surface area (Å²) in [5.41, 5.74) is 8.86. The number of nitrogen functional groups attached to an aromatic ring is 1. The van der Waals surface area contributed by atoms with Crippen LogP contribution in [-0.2, 0) is 0 Å². The van der Waals surface area contributed by atoms with E-state index >= 15 is 0 Å². The van der Waals surface area contributed by atoms with E-state index in [9.17, 15) is 0 Å². The van der Waals surface area contributed by atoms with Crippen LogP contribution < -0.4 is 11.6 Å². The van der Waals surface area contributed by atoms with Gasteiger partial charge in [0.1, 0.15) is 0 Å². The van der Waals surface area contributed by atoms with Gasteiger partial charge in [-0.15, -0.1) is 0 Å². The third-order valence-corrected chi connectivity index (χ3v) is 3.61. The molecule has 20 heavy (non-hydrogen) atoms. The van der Waals surface area contributed by atoms with E-state index in [1.54, 1.807) is 5.01 Å². The summed E-state index contributed by atoms with van der Waals surface area (Å²) in [7, 11) is 0. The van der Waals surface area contributed by atoms with Gasteiger partial charge < -0.3 is 5.73 Å². The summed E-state index contributed by atoms with van der Waals surface area (Å²) >= 11 is 3.42. The van der Waals surface area contributed by atoms with Gasteiger partial charge in [0.15, 0.2) is 0 Å². The van der Waals surface area contributed by atoms with Crippen molar-refractivity contribution in [1.82, 2.24) is 5.01 Å². The number of halogens is 1. The normalized spacial score (nSPS) is 10.1. The molecule has 2 aromatic carbocycles. The van der Waals surface area contributed by atoms with Crippen LogP contribution in [0.3, 0.4) is 0 Å². The van der Waals surface area contributed by atoms with Gasteiger partial charge in [-0.25, -0.2) is 5.01 Å². The number of hydrogen-bond acceptors (Lipinski definition) is 3. The van der Waals surface area contributed by atoms with Crippen molar-refractivity contribution in [2.45, 2.75) is 13.8 Å². The highest BCUT2D eigenvalue weighted by Crippen LogP contribution is 2.26. The lowest BCUT2D eigenvalue weighted by atomic mass is 10.1. The van der Waals surface area contributed by atoms with Gasteiger partial charge in [0, 0.05) is 23.2 Å². The number of nitrogens with two attached hydrogens (primary N) is 2. The van der Waals surface area contributed by atoms with E-state index in [-0.39, 0.29) is 0 Å². The Morgan fingerprint density at radius 1 is 0.950 bits per heavy atom. The molecule has 0 aliphatic heterocycles. The number of nitrogens with zero attached hydrogens (tertiary/aromatic N) is 1. The molecule has 3 nitrogen and oxygen atoms in total. The Bertz CT molecular complexity index is 510. The summed E-state index contributed by atoms with van der Waals surface area (Å²) < 4.78 is 0.943. The summed E-state index contributed by atoms with van der Waals surface area (Å²) in [6.07, 6.45) is 0. The first kappa shape index (κ1) is 16.7. The SMILES string of the molecule is CCN(N)CC.Nc1ccc(-c2ccccc2)cc1Br. The number of hydrogen-bond donors (Lipinski definition) is 2. The van der Waals surface area contributed by atoms with Crippen molar-refractivity contribution in [2.24, 2.45) is 5.84 Å². The minimum absolute atomic E-state index is 0.768. The number of benzene rings is 2. The van der Waals surface area contributed by atoms with E-state index in [4.69, 9.17) is 11.6 Å². The van der Waals surface area contributed by atoms with Gasteiger partial charge in [0.2, 0.25) is 0 Å². The van der Waals surface area contributed by atoms with Crippen LogP contribution in [0.1, 0.15) is 13.8 Å². The quantitative estimate of drug-likeness (QED) is 0.508. The topological polar surface area (TPSA) is 55.3 Å². The molecule has 0 aromatic heterocycles. The molecule has 4 N–H and O–H groups in total. The van der Waals surface area contributed by atoms with Crippen molar-refractivity contribution < 1.29 is 0 Å². The number of anilines is 1. The highest BCUT2D eigenvalue weighted by atomic mass is 79.9. The maximum absolute atomic E-state index is 5.72. The van der Waals surface area contributed by atoms with E-state index in [0.717, 1.165) is 23.2 Å². The molecule has 108 valence electrons. The molecular formula is C16H22BrN3. The molecule has 0 saturated heterocycles. The van der Waals surface area contributed by atoms with E-state index in [1.165, 1.54) is 11.1 Å². The number of rotatable bonds is 3. The standard InChI is InChI=1S/C12H10BrN.C4H12N2/c13-11-8-10(6-7-12(11)14)9-4-2-1-3-5-9;1-3-6(5)4-2/h1-8H,14H2;3-5H2,1-2H3. The second kappa shape index (κ2) is 8.74. The Kier molecular flexibility index (Phi) is 7.30. The molecule has 0 amide bonds. The zero-order valence-electron chi connectivity index (χ0n) is 12.0. The Morgan fingerprint density at radius 2 is 1.55 bits per heavy atom. The van der Waals surface area contributed by atoms with Crippen LogP contribution in [-0.4, -0.2) is 18.1 Å². The molecule has 0 spiro atoms. The van der Waals surface area contributed by atoms with Gasteiger partial charge in [-0.2, -0.15) is 0 Å². The third-order valence-electron chi connectivity index (χ3n) is 2.92. The third kappa shape index (κ3) is 5.33. The average Bonchev–Trinajstić information content (AvgIpc) is 2.50. The predicted molar refractivity (Wildman–Crippen MR) is 91.1 cm³/mol. The summed E-state index contributed by atoms with van der Waals surface area (Å²) in [6, 6.07) is 16.2. The maximum Gasteiger partial charge on any atom is 0.0458 e. The van der Waals surface area contributed by atoms with Crippen LogP contribution in [0.4, 0.5) is 5.69 Å². The molecule has 0 aliphatic rings. The molecule has 4 heteroatoms. The second-order valence-electron chi connectivity index (χ2n) is 4.32. The Hall–Kier alpha value is -1.36. The fourth-order valence-corrected chi connectivity index (χ4v) is 1.94. The van der Waals surface area contributed by atoms with Gasteiger partial charge in [0.05, 0.1) is 0 Å². The van der Waals surface area contributed by atoms with Crippen molar-refractivity contribution >= 4 is 21.6 Å². The van der Waals surface area contributed by atoms with Crippen LogP contribution in [0.25, 0.3) is 11.1 Å². The maximum atomic E-state index is 5.72. The van der Waals surface area contributed by atoms with Gasteiger partial charge >= 0.3 is 0 Å². The largest absolute Gasteiger partial charge is 0.398 e. The smallest absolute Gasteiger partial charge is 0.0458 e. The molecule has 2 rings (SSSR count). The van der Waals surface area contributed by atoms with Gasteiger partial charge in [-0.1, -0.05) is 50.2 Å². The monoisotopic (exact) mass is 335 g/mol. The van der Waals surface area contributed by atoms with Gasteiger partial charge in [-0.3, -0.25) is 5.84 Å². The fraction of sp³-hybridized carbons (Fsp3) is 0.250. The summed E-state index contributed by atoms with van der Waals surface area (Å²) in [5.74, 6) is 5.31. The van der Waals surface area contributed by atoms with Crippen LogP contribution in [0.15, 0.2) is 53.0 Å². The van der Waals surface area contributed by atoms with Crippen molar-refractivity contribution in [3.8, 4) is 11.1 Å². The first-order chi connectivity index (χ1) is 9.58. The average molecular weight is 336 g/mol. The Balaban J connectivity index is 0.000000286. The van der Waals surface area contributed by atoms with Gasteiger partial charge in [0.25, 0.3) is 0 Å². The highest BCUT2D eigenvalue weighted by molar-refractivity contribution is 9.10. The van der Waals surface area contributed by atoms with Crippen LogP contribution in [0, 0.1) is 0 Å². The first-order valence-corrected chi connectivity index (χ1v) is 7.47. The second-order valence-corrected chi connectivity index (χ2v) is 5.18. The van der Waals surface area contributed by atoms with Crippen LogP contribution >= 0.6 is 15.9 Å². The lowest BCUT2D eigenvalue weighted by Crippen LogP contribution is -2.29. The predicted octanol–water partition coefficient (Wildman–Crippen LogP) is 3.90. The molecule has 0 aliphatic carbocycles. The fourth-order valence-electron chi connectivity index (χ4n) is 1.56. The van der Waals surface area contributed by atoms with Crippen molar-refractivity contribution in [3.05, 3.63) is 53.0 Å². The minimum atomic E-state index is 0.768. The van der Waals surface area contributed by atoms with Crippen LogP contribution in [0.2, 0.25) is 0 Å². The van der Waals surface area contributed by atoms with Crippen LogP contribution in [0.5, 0.6) is 0 Å². The van der Waals surface area contributed by atoms with E-state index in [2.05, 4.69) is 28.1 Å². The molecule has 0 atom stereocenters. The van der Waals surface area contributed by atoms with Crippen molar-refractivity contribution in [3.63, 3.8) is 0 Å². The van der Waals surface area contributed by atoms with Crippen molar-refractivity contribution in [2.75, 3.05) is 18.8 Å². The zero-order valence-corrected chi connectivity index (χ0v) is 13.6. The molecule has 0 heterocycles. The first-order valence-electron chi connectivity index (χ1n) is 6.68. The minimum Gasteiger partial charge on any atom is -0.398 e. The molecule has 0 bridgehead atoms. The summed E-state index contributed by atoms with van der Waals surface area (Å²) in [6.45, 7) is 5.94. The summed E-state index contributed by atoms with van der Waals surface area (Å²) in [5, 5.41) is 1.75. The molecule has 2 aromatic rings. The molecule has 0 radical (unpaired) electrons. The highest BCUT2D eigenvalue weighted by Gasteiger charge is 1.99. The molecular weight excluding hydrogens is 314 g/mol. The van der Waals surface area contributed by atoms with E-state index in [1.807, 2.05) is 50.2 Å². The molecule has 0 fully saturated rings. The lowest BCUT2D eigenvalue weighted by molar-refractivity contribution is 0.316. The lowest BCUT2D eigenvalue weighted by Gasteiger charge is -2.07. The van der Waals surface area contributed by atoms with Gasteiger partial charge in [-0.05, 0) is 39.2 Å². The Labute approximate surface area is 129 Å². The zero-order chi connectivity index (χ0) is 15.0. The van der Waals surface area contributed by atoms with E-state index < -0.39 is 0 Å². The van der Waals surface area contributed by atoms with Crippen molar-refractivity contribution in [1.29, 1.82) is 0 Å². The molecule has 0 unspecified atom stereocenters. The summed E-state index contributed by atoms with van der Waals surface area (Å²) in [4.78, 5) is 0.